The zero-order valence-electron chi connectivity index (χ0n) is 11.6. The van der Waals surface area contributed by atoms with Gasteiger partial charge in [0.25, 0.3) is 11.6 Å². The molecule has 116 valence electrons. The van der Waals surface area contributed by atoms with Crippen molar-refractivity contribution in [3.8, 4) is 5.75 Å². The maximum Gasteiger partial charge on any atom is 0.271 e. The fraction of sp³-hybridized carbons (Fsp3) is 0.214. The van der Waals surface area contributed by atoms with Gasteiger partial charge in [0.05, 0.1) is 22.8 Å². The molecule has 0 aliphatic heterocycles. The molecule has 0 aliphatic carbocycles. The molecule has 22 heavy (non-hydrogen) atoms. The van der Waals surface area contributed by atoms with E-state index in [9.17, 15) is 14.9 Å². The topological polar surface area (TPSA) is 94.6 Å². The summed E-state index contributed by atoms with van der Waals surface area (Å²) >= 11 is 5.90. The van der Waals surface area contributed by atoms with Crippen LogP contribution < -0.4 is 10.1 Å². The molecule has 1 amide bonds. The molecule has 0 bridgehead atoms. The summed E-state index contributed by atoms with van der Waals surface area (Å²) in [6, 6.07) is 7.24. The Kier molecular flexibility index (Phi) is 5.00. The van der Waals surface area contributed by atoms with Crippen LogP contribution >= 0.6 is 11.6 Å². The number of rotatable bonds is 6. The van der Waals surface area contributed by atoms with E-state index >= 15 is 0 Å². The maximum absolute atomic E-state index is 11.9. The zero-order chi connectivity index (χ0) is 16.1. The van der Waals surface area contributed by atoms with Gasteiger partial charge in [0, 0.05) is 12.1 Å². The number of nitro groups is 1. The van der Waals surface area contributed by atoms with Gasteiger partial charge >= 0.3 is 0 Å². The molecule has 8 heteroatoms. The predicted octanol–water partition coefficient (Wildman–Crippen LogP) is 2.92. The van der Waals surface area contributed by atoms with Gasteiger partial charge in [0.15, 0.2) is 6.10 Å². The number of hydrogen-bond acceptors (Lipinski definition) is 5. The van der Waals surface area contributed by atoms with Crippen molar-refractivity contribution in [1.29, 1.82) is 0 Å². The number of nitrogens with zero attached hydrogens (tertiary/aromatic N) is 1. The van der Waals surface area contributed by atoms with Gasteiger partial charge in [-0.25, -0.2) is 0 Å². The minimum absolute atomic E-state index is 0.0693. The molecule has 7 nitrogen and oxygen atoms in total. The lowest BCUT2D eigenvalue weighted by atomic mass is 10.3. The molecule has 0 spiro atoms. The van der Waals surface area contributed by atoms with Crippen LogP contribution in [0, 0.1) is 10.1 Å². The van der Waals surface area contributed by atoms with Gasteiger partial charge in [-0.3, -0.25) is 14.9 Å². The third kappa shape index (κ3) is 3.98. The molecule has 1 heterocycles. The fourth-order valence-electron chi connectivity index (χ4n) is 1.67. The minimum atomic E-state index is -0.811. The van der Waals surface area contributed by atoms with Gasteiger partial charge in [-0.15, -0.1) is 0 Å². The smallest absolute Gasteiger partial charge is 0.271 e. The van der Waals surface area contributed by atoms with Gasteiger partial charge in [0.2, 0.25) is 0 Å². The van der Waals surface area contributed by atoms with Crippen molar-refractivity contribution in [2.45, 2.75) is 19.6 Å². The molecule has 0 saturated carbocycles. The Morgan fingerprint density at radius 3 is 2.86 bits per heavy atom. The second kappa shape index (κ2) is 6.95. The standard InChI is InChI=1S/C14H13ClN2O5/c1-9(14(18)16-8-11-3-2-6-21-11)22-13-5-4-10(17(19)20)7-12(13)15/h2-7,9H,8H2,1H3,(H,16,18)/t9-/m1/s1. The van der Waals surface area contributed by atoms with Crippen LogP contribution in [0.25, 0.3) is 0 Å². The third-order valence-corrected chi connectivity index (χ3v) is 3.11. The summed E-state index contributed by atoms with van der Waals surface area (Å²) in [5.41, 5.74) is -0.146. The minimum Gasteiger partial charge on any atom is -0.479 e. The molecule has 0 saturated heterocycles. The van der Waals surface area contributed by atoms with Crippen molar-refractivity contribution < 1.29 is 18.9 Å². The van der Waals surface area contributed by atoms with Crippen LogP contribution in [0.1, 0.15) is 12.7 Å². The van der Waals surface area contributed by atoms with Crippen LogP contribution in [0.5, 0.6) is 5.75 Å². The highest BCUT2D eigenvalue weighted by Crippen LogP contribution is 2.29. The Morgan fingerprint density at radius 1 is 1.50 bits per heavy atom. The first-order valence-corrected chi connectivity index (χ1v) is 6.76. The summed E-state index contributed by atoms with van der Waals surface area (Å²) in [6.45, 7) is 1.79. The monoisotopic (exact) mass is 324 g/mol. The van der Waals surface area contributed by atoms with Crippen LogP contribution in [0.2, 0.25) is 5.02 Å². The highest BCUT2D eigenvalue weighted by Gasteiger charge is 2.17. The molecule has 0 fully saturated rings. The highest BCUT2D eigenvalue weighted by atomic mass is 35.5. The lowest BCUT2D eigenvalue weighted by Gasteiger charge is -2.15. The van der Waals surface area contributed by atoms with Gasteiger partial charge in [-0.2, -0.15) is 0 Å². The number of carbonyl (C=O) groups is 1. The molecular formula is C14H13ClN2O5. The summed E-state index contributed by atoms with van der Waals surface area (Å²) in [5.74, 6) is 0.465. The number of ether oxygens (including phenoxy) is 1. The van der Waals surface area contributed by atoms with Crippen LogP contribution in [0.3, 0.4) is 0 Å². The molecular weight excluding hydrogens is 312 g/mol. The summed E-state index contributed by atoms with van der Waals surface area (Å²) < 4.78 is 10.5. The number of hydrogen-bond donors (Lipinski definition) is 1. The average molecular weight is 325 g/mol. The Balaban J connectivity index is 1.94. The van der Waals surface area contributed by atoms with E-state index in [1.807, 2.05) is 0 Å². The fourth-order valence-corrected chi connectivity index (χ4v) is 1.89. The first-order valence-electron chi connectivity index (χ1n) is 6.38. The molecule has 0 radical (unpaired) electrons. The van der Waals surface area contributed by atoms with Crippen molar-refractivity contribution >= 4 is 23.2 Å². The molecule has 2 aromatic rings. The van der Waals surface area contributed by atoms with Gasteiger partial charge < -0.3 is 14.5 Å². The highest BCUT2D eigenvalue weighted by molar-refractivity contribution is 6.32. The SMILES string of the molecule is C[C@@H](Oc1ccc([N+](=O)[O-])cc1Cl)C(=O)NCc1ccco1. The molecule has 0 aliphatic rings. The van der Waals surface area contributed by atoms with Crippen molar-refractivity contribution in [3.63, 3.8) is 0 Å². The average Bonchev–Trinajstić information content (AvgIpc) is 2.99. The predicted molar refractivity (Wildman–Crippen MR) is 78.8 cm³/mol. The van der Waals surface area contributed by atoms with Crippen molar-refractivity contribution in [3.05, 3.63) is 57.5 Å². The van der Waals surface area contributed by atoms with Crippen LogP contribution in [-0.4, -0.2) is 16.9 Å². The van der Waals surface area contributed by atoms with E-state index in [1.165, 1.54) is 24.5 Å². The Labute approximate surface area is 131 Å². The lowest BCUT2D eigenvalue weighted by molar-refractivity contribution is -0.384. The molecule has 1 N–H and O–H groups in total. The number of halogens is 1. The molecule has 1 atom stereocenters. The molecule has 0 unspecified atom stereocenters. The van der Waals surface area contributed by atoms with Gasteiger partial charge in [0.1, 0.15) is 11.5 Å². The third-order valence-electron chi connectivity index (χ3n) is 2.82. The van der Waals surface area contributed by atoms with E-state index in [0.29, 0.717) is 5.76 Å². The Morgan fingerprint density at radius 2 is 2.27 bits per heavy atom. The number of amides is 1. The van der Waals surface area contributed by atoms with Crippen LogP contribution in [0.4, 0.5) is 5.69 Å². The van der Waals surface area contributed by atoms with Crippen molar-refractivity contribution in [2.75, 3.05) is 0 Å². The first-order chi connectivity index (χ1) is 10.5. The summed E-state index contributed by atoms with van der Waals surface area (Å²) in [6.07, 6.45) is 0.701. The summed E-state index contributed by atoms with van der Waals surface area (Å²) in [5, 5.41) is 13.3. The summed E-state index contributed by atoms with van der Waals surface area (Å²) in [4.78, 5) is 22.0. The van der Waals surface area contributed by atoms with Crippen molar-refractivity contribution in [1.82, 2.24) is 5.32 Å². The number of carbonyl (C=O) groups excluding carboxylic acids is 1. The van der Waals surface area contributed by atoms with E-state index < -0.39 is 11.0 Å². The summed E-state index contributed by atoms with van der Waals surface area (Å²) in [7, 11) is 0. The second-order valence-corrected chi connectivity index (χ2v) is 4.84. The molecule has 1 aromatic carbocycles. The number of benzene rings is 1. The Hall–Kier alpha value is -2.54. The van der Waals surface area contributed by atoms with E-state index in [0.717, 1.165) is 0 Å². The second-order valence-electron chi connectivity index (χ2n) is 4.43. The zero-order valence-corrected chi connectivity index (χ0v) is 12.4. The maximum atomic E-state index is 11.9. The van der Waals surface area contributed by atoms with E-state index in [-0.39, 0.29) is 28.9 Å². The van der Waals surface area contributed by atoms with E-state index in [1.54, 1.807) is 19.1 Å². The van der Waals surface area contributed by atoms with Crippen molar-refractivity contribution in [2.24, 2.45) is 0 Å². The van der Waals surface area contributed by atoms with E-state index in [2.05, 4.69) is 5.32 Å². The Bertz CT molecular complexity index is 672. The number of non-ortho nitro benzene ring substituents is 1. The van der Waals surface area contributed by atoms with Crippen LogP contribution in [-0.2, 0) is 11.3 Å². The quantitative estimate of drug-likeness (QED) is 0.651. The van der Waals surface area contributed by atoms with E-state index in [4.69, 9.17) is 20.8 Å². The number of furan rings is 1. The van der Waals surface area contributed by atoms with Crippen LogP contribution in [0.15, 0.2) is 41.0 Å². The molecule has 2 rings (SSSR count). The lowest BCUT2D eigenvalue weighted by Crippen LogP contribution is -2.35. The molecule has 1 aromatic heterocycles. The number of nitrogens with one attached hydrogen (secondary N) is 1. The van der Waals surface area contributed by atoms with Gasteiger partial charge in [-0.1, -0.05) is 11.6 Å². The van der Waals surface area contributed by atoms with Gasteiger partial charge in [-0.05, 0) is 25.1 Å². The largest absolute Gasteiger partial charge is 0.479 e. The first kappa shape index (κ1) is 15.8. The normalized spacial score (nSPS) is 11.7. The number of nitro benzene ring substituents is 1.